The van der Waals surface area contributed by atoms with Crippen LogP contribution in [-0.2, 0) is 35.7 Å². The van der Waals surface area contributed by atoms with Crippen LogP contribution in [0.3, 0.4) is 0 Å². The molecule has 2 atom stereocenters. The Labute approximate surface area is 201 Å². The zero-order chi connectivity index (χ0) is 24.8. The maximum atomic E-state index is 13.1. The molecule has 0 spiro atoms. The first-order valence-corrected chi connectivity index (χ1v) is 13.4. The van der Waals surface area contributed by atoms with E-state index < -0.39 is 15.4 Å². The van der Waals surface area contributed by atoms with Crippen molar-refractivity contribution in [3.05, 3.63) is 35.9 Å². The van der Waals surface area contributed by atoms with Crippen molar-refractivity contribution in [2.75, 3.05) is 40.1 Å². The van der Waals surface area contributed by atoms with Crippen LogP contribution in [0.1, 0.15) is 37.7 Å². The molecule has 0 unspecified atom stereocenters. The van der Waals surface area contributed by atoms with Gasteiger partial charge in [0.05, 0.1) is 31.5 Å². The summed E-state index contributed by atoms with van der Waals surface area (Å²) in [5.41, 5.74) is 0.0732. The molecule has 190 valence electrons. The van der Waals surface area contributed by atoms with Gasteiger partial charge >= 0.3 is 6.09 Å². The van der Waals surface area contributed by atoms with Crippen LogP contribution in [0, 0.1) is 5.41 Å². The fraction of sp³-hybridized carbons (Fsp3) is 0.652. The van der Waals surface area contributed by atoms with Crippen LogP contribution in [0.4, 0.5) is 4.79 Å². The Morgan fingerprint density at radius 1 is 1.18 bits per heavy atom. The Bertz CT molecular complexity index is 935. The van der Waals surface area contributed by atoms with Gasteiger partial charge in [0, 0.05) is 26.2 Å². The number of hydroxylamine groups is 2. The van der Waals surface area contributed by atoms with E-state index in [4.69, 9.17) is 14.3 Å². The Morgan fingerprint density at radius 2 is 1.85 bits per heavy atom. The van der Waals surface area contributed by atoms with E-state index in [0.29, 0.717) is 45.2 Å². The first kappa shape index (κ1) is 26.4. The van der Waals surface area contributed by atoms with Gasteiger partial charge in [-0.05, 0) is 37.7 Å². The van der Waals surface area contributed by atoms with Gasteiger partial charge in [-0.1, -0.05) is 30.3 Å². The molecule has 1 aromatic rings. The minimum atomic E-state index is -3.38. The third-order valence-corrected chi connectivity index (χ3v) is 7.26. The van der Waals surface area contributed by atoms with Gasteiger partial charge in [-0.2, -0.15) is 0 Å². The van der Waals surface area contributed by atoms with Crippen molar-refractivity contribution in [2.45, 2.75) is 50.9 Å². The zero-order valence-electron chi connectivity index (χ0n) is 20.1. The Morgan fingerprint density at radius 3 is 2.47 bits per heavy atom. The van der Waals surface area contributed by atoms with Gasteiger partial charge in [0.2, 0.25) is 10.0 Å². The molecule has 11 heteroatoms. The van der Waals surface area contributed by atoms with Gasteiger partial charge in [-0.3, -0.25) is 9.63 Å². The zero-order valence-corrected chi connectivity index (χ0v) is 20.9. The lowest BCUT2D eigenvalue weighted by Gasteiger charge is -2.35. The summed E-state index contributed by atoms with van der Waals surface area (Å²) in [6.45, 7) is 1.42. The second kappa shape index (κ2) is 11.5. The Kier molecular flexibility index (Phi) is 8.91. The summed E-state index contributed by atoms with van der Waals surface area (Å²) < 4.78 is 37.5. The van der Waals surface area contributed by atoms with Crippen LogP contribution in [0.25, 0.3) is 0 Å². The normalized spacial score (nSPS) is 23.6. The van der Waals surface area contributed by atoms with Gasteiger partial charge in [0.1, 0.15) is 6.61 Å². The summed E-state index contributed by atoms with van der Waals surface area (Å²) in [4.78, 5) is 32.2. The molecule has 0 radical (unpaired) electrons. The lowest BCUT2D eigenvalue weighted by atomic mass is 9.85. The molecule has 34 heavy (non-hydrogen) atoms. The first-order valence-electron chi connectivity index (χ1n) is 11.5. The average Bonchev–Trinajstić information content (AvgIpc) is 3.23. The molecule has 1 aliphatic heterocycles. The maximum absolute atomic E-state index is 13.1. The van der Waals surface area contributed by atoms with E-state index in [-0.39, 0.29) is 37.4 Å². The molecule has 1 aromatic carbocycles. The minimum Gasteiger partial charge on any atom is -0.445 e. The molecule has 1 heterocycles. The molecule has 1 saturated heterocycles. The summed E-state index contributed by atoms with van der Waals surface area (Å²) >= 11 is 0. The number of amides is 2. The van der Waals surface area contributed by atoms with Crippen LogP contribution < -0.4 is 4.72 Å². The quantitative estimate of drug-likeness (QED) is 0.518. The number of ether oxygens (including phenoxy) is 2. The highest BCUT2D eigenvalue weighted by Gasteiger charge is 2.48. The van der Waals surface area contributed by atoms with Crippen molar-refractivity contribution in [3.8, 4) is 0 Å². The highest BCUT2D eigenvalue weighted by molar-refractivity contribution is 7.88. The van der Waals surface area contributed by atoms with Crippen molar-refractivity contribution in [2.24, 2.45) is 5.41 Å². The molecule has 3 rings (SSSR count). The van der Waals surface area contributed by atoms with E-state index in [1.165, 1.54) is 12.2 Å². The summed E-state index contributed by atoms with van der Waals surface area (Å²) in [6, 6.07) is 9.20. The number of sulfonamides is 1. The Hall–Kier alpha value is -2.21. The summed E-state index contributed by atoms with van der Waals surface area (Å²) in [6.07, 6.45) is 3.33. The fourth-order valence-electron chi connectivity index (χ4n) is 4.63. The number of hydrogen-bond acceptors (Lipinski definition) is 7. The number of carbonyl (C=O) groups is 2. The molecule has 2 amide bonds. The third kappa shape index (κ3) is 7.14. The second-order valence-electron chi connectivity index (χ2n) is 9.13. The van der Waals surface area contributed by atoms with E-state index in [9.17, 15) is 18.0 Å². The predicted molar refractivity (Wildman–Crippen MR) is 125 cm³/mol. The number of nitrogens with zero attached hydrogens (tertiary/aromatic N) is 2. The summed E-state index contributed by atoms with van der Waals surface area (Å²) in [5, 5.41) is 1.18. The van der Waals surface area contributed by atoms with Gasteiger partial charge in [-0.25, -0.2) is 23.0 Å². The molecule has 2 fully saturated rings. The van der Waals surface area contributed by atoms with E-state index in [0.717, 1.165) is 11.8 Å². The lowest BCUT2D eigenvalue weighted by Crippen LogP contribution is -2.46. The van der Waals surface area contributed by atoms with Crippen LogP contribution in [0.5, 0.6) is 0 Å². The molecule has 1 aliphatic carbocycles. The van der Waals surface area contributed by atoms with E-state index in [1.54, 1.807) is 11.9 Å². The van der Waals surface area contributed by atoms with Crippen molar-refractivity contribution in [1.29, 1.82) is 0 Å². The average molecular weight is 498 g/mol. The number of likely N-dealkylation sites (tertiary alicyclic amines) is 1. The summed E-state index contributed by atoms with van der Waals surface area (Å²) in [7, 11) is -0.418. The molecule has 0 aromatic heterocycles. The number of piperidine rings is 1. The van der Waals surface area contributed by atoms with Crippen LogP contribution in [0.2, 0.25) is 0 Å². The van der Waals surface area contributed by atoms with E-state index in [1.807, 2.05) is 30.3 Å². The number of nitrogens with one attached hydrogen (secondary N) is 1. The smallest absolute Gasteiger partial charge is 0.410 e. The van der Waals surface area contributed by atoms with Gasteiger partial charge < -0.3 is 14.4 Å². The van der Waals surface area contributed by atoms with Crippen LogP contribution in [-0.4, -0.2) is 82.6 Å². The highest BCUT2D eigenvalue weighted by atomic mass is 32.2. The monoisotopic (exact) mass is 497 g/mol. The van der Waals surface area contributed by atoms with Crippen molar-refractivity contribution in [3.63, 3.8) is 0 Å². The predicted octanol–water partition coefficient (Wildman–Crippen LogP) is 1.91. The molecule has 0 bridgehead atoms. The van der Waals surface area contributed by atoms with Crippen molar-refractivity contribution < 1.29 is 32.3 Å². The fourth-order valence-corrected chi connectivity index (χ4v) is 5.43. The van der Waals surface area contributed by atoms with Crippen molar-refractivity contribution >= 4 is 22.0 Å². The minimum absolute atomic E-state index is 0.0994. The topological polar surface area (TPSA) is 114 Å². The number of carbonyl (C=O) groups excluding carboxylic acids is 2. The molecule has 1 saturated carbocycles. The Balaban J connectivity index is 1.51. The van der Waals surface area contributed by atoms with Crippen molar-refractivity contribution in [1.82, 2.24) is 14.7 Å². The highest BCUT2D eigenvalue weighted by Crippen LogP contribution is 2.41. The third-order valence-electron chi connectivity index (χ3n) is 6.50. The van der Waals surface area contributed by atoms with E-state index >= 15 is 0 Å². The number of benzene rings is 1. The standard InChI is InChI=1S/C23H35N3O7S/c1-25(31-2)21(27)23(12-9-19(15-23)24-34(3,29)30)17-33-20-10-13-26(14-11-20)22(28)32-16-18-7-5-4-6-8-18/h4-8,19-20,24H,9-17H2,1-3H3/t19-,23-/m0/s1. The molecule has 1 N–H and O–H groups in total. The molecule has 10 nitrogen and oxygen atoms in total. The maximum Gasteiger partial charge on any atom is 0.410 e. The number of hydrogen-bond donors (Lipinski definition) is 1. The summed E-state index contributed by atoms with van der Waals surface area (Å²) in [5.74, 6) is -0.227. The molecular formula is C23H35N3O7S. The molecular weight excluding hydrogens is 462 g/mol. The number of rotatable bonds is 9. The SMILES string of the molecule is CON(C)C(=O)[C@@]1(COC2CCN(C(=O)OCc3ccccc3)CC2)CC[C@H](NS(C)(=O)=O)C1. The second-order valence-corrected chi connectivity index (χ2v) is 10.9. The van der Waals surface area contributed by atoms with Crippen LogP contribution >= 0.6 is 0 Å². The van der Waals surface area contributed by atoms with Gasteiger partial charge in [0.15, 0.2) is 0 Å². The van der Waals surface area contributed by atoms with Gasteiger partial charge in [-0.15, -0.1) is 0 Å². The largest absolute Gasteiger partial charge is 0.445 e. The molecule has 2 aliphatic rings. The first-order chi connectivity index (χ1) is 16.1. The van der Waals surface area contributed by atoms with Crippen LogP contribution in [0.15, 0.2) is 30.3 Å². The van der Waals surface area contributed by atoms with Gasteiger partial charge in [0.25, 0.3) is 5.91 Å². The van der Waals surface area contributed by atoms with E-state index in [2.05, 4.69) is 4.72 Å². The lowest BCUT2D eigenvalue weighted by molar-refractivity contribution is -0.185.